The molecule has 0 bridgehead atoms. The second-order valence-corrected chi connectivity index (χ2v) is 5.82. The topological polar surface area (TPSA) is 38.0 Å². The number of nitrogens with two attached hydrogens (primary N) is 1. The van der Waals surface area contributed by atoms with E-state index in [0.29, 0.717) is 17.0 Å². The minimum Gasteiger partial charge on any atom is -0.271 e. The summed E-state index contributed by atoms with van der Waals surface area (Å²) in [6, 6.07) is 8.76. The number of hydrazine groups is 1. The Hall–Kier alpha value is -1.42. The molecule has 2 rings (SSSR count). The fourth-order valence-corrected chi connectivity index (χ4v) is 2.79. The molecule has 0 saturated carbocycles. The zero-order valence-corrected chi connectivity index (χ0v) is 13.3. The van der Waals surface area contributed by atoms with Crippen molar-refractivity contribution in [2.75, 3.05) is 0 Å². The highest BCUT2D eigenvalue weighted by Gasteiger charge is 2.18. The molecule has 1 atom stereocenters. The maximum absolute atomic E-state index is 14.0. The molecule has 0 amide bonds. The molecule has 0 aliphatic rings. The van der Waals surface area contributed by atoms with Crippen LogP contribution in [0.4, 0.5) is 4.39 Å². The van der Waals surface area contributed by atoms with Gasteiger partial charge in [0.25, 0.3) is 0 Å². The summed E-state index contributed by atoms with van der Waals surface area (Å²) in [6.45, 7) is 6.17. The summed E-state index contributed by atoms with van der Waals surface area (Å²) >= 11 is 6.11. The van der Waals surface area contributed by atoms with Gasteiger partial charge < -0.3 is 0 Å². The maximum atomic E-state index is 14.0. The molecule has 0 radical (unpaired) electrons. The molecule has 0 aliphatic heterocycles. The lowest BCUT2D eigenvalue weighted by Gasteiger charge is -2.21. The fraction of sp³-hybridized carbons (Fsp3) is 0.294. The SMILES string of the molecule is Cc1cc(C)c(C(Cc2c(F)cccc2Cl)NN)cc1C. The molecule has 2 nitrogen and oxygen atoms in total. The Morgan fingerprint density at radius 2 is 1.81 bits per heavy atom. The Balaban J connectivity index is 2.39. The summed E-state index contributed by atoms with van der Waals surface area (Å²) in [5.74, 6) is 5.39. The van der Waals surface area contributed by atoms with Crippen molar-refractivity contribution in [3.8, 4) is 0 Å². The van der Waals surface area contributed by atoms with Crippen LogP contribution in [0.2, 0.25) is 5.02 Å². The minimum atomic E-state index is -0.302. The zero-order valence-electron chi connectivity index (χ0n) is 12.5. The van der Waals surface area contributed by atoms with E-state index in [1.807, 2.05) is 6.92 Å². The van der Waals surface area contributed by atoms with Crippen LogP contribution >= 0.6 is 11.6 Å². The van der Waals surface area contributed by atoms with E-state index in [1.165, 1.54) is 17.2 Å². The highest BCUT2D eigenvalue weighted by atomic mass is 35.5. The largest absolute Gasteiger partial charge is 0.271 e. The van der Waals surface area contributed by atoms with Crippen molar-refractivity contribution in [1.82, 2.24) is 5.43 Å². The van der Waals surface area contributed by atoms with Crippen molar-refractivity contribution < 1.29 is 4.39 Å². The Kier molecular flexibility index (Phi) is 4.99. The number of aryl methyl sites for hydroxylation is 3. The van der Waals surface area contributed by atoms with E-state index in [9.17, 15) is 4.39 Å². The zero-order chi connectivity index (χ0) is 15.6. The summed E-state index contributed by atoms with van der Waals surface area (Å²) in [5, 5.41) is 0.428. The minimum absolute atomic E-state index is 0.182. The van der Waals surface area contributed by atoms with Gasteiger partial charge in [0.15, 0.2) is 0 Å². The van der Waals surface area contributed by atoms with Gasteiger partial charge in [0, 0.05) is 10.6 Å². The maximum Gasteiger partial charge on any atom is 0.127 e. The van der Waals surface area contributed by atoms with Gasteiger partial charge in [0.2, 0.25) is 0 Å². The van der Waals surface area contributed by atoms with E-state index in [1.54, 1.807) is 12.1 Å². The van der Waals surface area contributed by atoms with Crippen molar-refractivity contribution in [1.29, 1.82) is 0 Å². The molecule has 2 aromatic rings. The molecule has 0 fully saturated rings. The van der Waals surface area contributed by atoms with Crippen LogP contribution in [0, 0.1) is 26.6 Å². The fourth-order valence-electron chi connectivity index (χ4n) is 2.55. The van der Waals surface area contributed by atoms with E-state index in [4.69, 9.17) is 17.4 Å². The van der Waals surface area contributed by atoms with Crippen molar-refractivity contribution in [2.45, 2.75) is 33.2 Å². The van der Waals surface area contributed by atoms with E-state index in [2.05, 4.69) is 31.4 Å². The van der Waals surface area contributed by atoms with Gasteiger partial charge in [-0.2, -0.15) is 0 Å². The van der Waals surface area contributed by atoms with Gasteiger partial charge in [-0.1, -0.05) is 29.8 Å². The summed E-state index contributed by atoms with van der Waals surface area (Å²) in [7, 11) is 0. The molecule has 3 N–H and O–H groups in total. The van der Waals surface area contributed by atoms with E-state index < -0.39 is 0 Å². The average molecular weight is 307 g/mol. The third kappa shape index (κ3) is 3.43. The van der Waals surface area contributed by atoms with E-state index in [0.717, 1.165) is 11.1 Å². The Bertz CT molecular complexity index is 635. The predicted octanol–water partition coefficient (Wildman–Crippen LogP) is 4.15. The van der Waals surface area contributed by atoms with Gasteiger partial charge in [-0.05, 0) is 61.6 Å². The van der Waals surface area contributed by atoms with Gasteiger partial charge in [-0.25, -0.2) is 4.39 Å². The Morgan fingerprint density at radius 1 is 1.14 bits per heavy atom. The number of nitrogens with one attached hydrogen (secondary N) is 1. The van der Waals surface area contributed by atoms with E-state index in [-0.39, 0.29) is 11.9 Å². The second-order valence-electron chi connectivity index (χ2n) is 5.42. The molecule has 0 spiro atoms. The molecule has 0 aliphatic carbocycles. The molecular formula is C17H20ClFN2. The van der Waals surface area contributed by atoms with Crippen LogP contribution < -0.4 is 11.3 Å². The lowest BCUT2D eigenvalue weighted by Crippen LogP contribution is -2.30. The number of hydrogen-bond donors (Lipinski definition) is 2. The number of hydrogen-bond acceptors (Lipinski definition) is 2. The Labute approximate surface area is 130 Å². The van der Waals surface area contributed by atoms with Crippen molar-refractivity contribution in [2.24, 2.45) is 5.84 Å². The van der Waals surface area contributed by atoms with E-state index >= 15 is 0 Å². The smallest absolute Gasteiger partial charge is 0.127 e. The van der Waals surface area contributed by atoms with Crippen molar-refractivity contribution >= 4 is 11.6 Å². The van der Waals surface area contributed by atoms with Gasteiger partial charge in [-0.15, -0.1) is 0 Å². The van der Waals surface area contributed by atoms with Crippen LogP contribution in [0.1, 0.15) is 33.9 Å². The normalized spacial score (nSPS) is 12.5. The molecule has 4 heteroatoms. The quantitative estimate of drug-likeness (QED) is 0.658. The molecule has 21 heavy (non-hydrogen) atoms. The molecular weight excluding hydrogens is 287 g/mol. The second kappa shape index (κ2) is 6.56. The van der Waals surface area contributed by atoms with Crippen LogP contribution in [0.3, 0.4) is 0 Å². The summed E-state index contributed by atoms with van der Waals surface area (Å²) in [6.07, 6.45) is 0.408. The highest BCUT2D eigenvalue weighted by Crippen LogP contribution is 2.28. The first-order valence-corrected chi connectivity index (χ1v) is 7.28. The molecule has 2 aromatic carbocycles. The molecule has 1 unspecified atom stereocenters. The van der Waals surface area contributed by atoms with Gasteiger partial charge >= 0.3 is 0 Å². The van der Waals surface area contributed by atoms with Gasteiger partial charge in [-0.3, -0.25) is 11.3 Å². The first kappa shape index (κ1) is 16.0. The number of rotatable bonds is 4. The molecule has 112 valence electrons. The van der Waals surface area contributed by atoms with Crippen molar-refractivity contribution in [3.05, 3.63) is 69.0 Å². The third-order valence-corrected chi connectivity index (χ3v) is 4.28. The van der Waals surface area contributed by atoms with Crippen molar-refractivity contribution in [3.63, 3.8) is 0 Å². The van der Waals surface area contributed by atoms with Gasteiger partial charge in [0.1, 0.15) is 5.82 Å². The molecule has 0 aromatic heterocycles. The third-order valence-electron chi connectivity index (χ3n) is 3.93. The average Bonchev–Trinajstić information content (AvgIpc) is 2.43. The van der Waals surface area contributed by atoms with Crippen LogP contribution in [-0.2, 0) is 6.42 Å². The number of benzene rings is 2. The van der Waals surface area contributed by atoms with Crippen LogP contribution in [0.5, 0.6) is 0 Å². The highest BCUT2D eigenvalue weighted by molar-refractivity contribution is 6.31. The molecule has 0 saturated heterocycles. The van der Waals surface area contributed by atoms with Gasteiger partial charge in [0.05, 0.1) is 6.04 Å². The van der Waals surface area contributed by atoms with Crippen LogP contribution in [-0.4, -0.2) is 0 Å². The lowest BCUT2D eigenvalue weighted by molar-refractivity contribution is 0.527. The monoisotopic (exact) mass is 306 g/mol. The van der Waals surface area contributed by atoms with Crippen LogP contribution in [0.25, 0.3) is 0 Å². The number of halogens is 2. The summed E-state index contributed by atoms with van der Waals surface area (Å²) in [4.78, 5) is 0. The first-order valence-electron chi connectivity index (χ1n) is 6.90. The lowest BCUT2D eigenvalue weighted by atomic mass is 9.92. The molecule has 0 heterocycles. The standard InChI is InChI=1S/C17H20ClFN2/c1-10-7-12(3)13(8-11(10)2)17(21-20)9-14-15(18)5-4-6-16(14)19/h4-8,17,21H,9,20H2,1-3H3. The first-order chi connectivity index (χ1) is 9.93. The summed E-state index contributed by atoms with van der Waals surface area (Å²) in [5.41, 5.74) is 7.89. The van der Waals surface area contributed by atoms with Crippen LogP contribution in [0.15, 0.2) is 30.3 Å². The summed E-state index contributed by atoms with van der Waals surface area (Å²) < 4.78 is 14.0. The predicted molar refractivity (Wildman–Crippen MR) is 85.8 cm³/mol. The Morgan fingerprint density at radius 3 is 2.43 bits per heavy atom.